The van der Waals surface area contributed by atoms with Crippen molar-refractivity contribution in [1.82, 2.24) is 10.2 Å². The highest BCUT2D eigenvalue weighted by atomic mass is 16.2. The van der Waals surface area contributed by atoms with Gasteiger partial charge in [0.15, 0.2) is 11.6 Å². The molecule has 1 aliphatic rings. The van der Waals surface area contributed by atoms with Gasteiger partial charge in [-0.2, -0.15) is 5.10 Å². The van der Waals surface area contributed by atoms with E-state index < -0.39 is 5.92 Å². The molecular weight excluding hydrogens is 300 g/mol. The van der Waals surface area contributed by atoms with E-state index in [2.05, 4.69) is 10.2 Å². The molecule has 1 N–H and O–H groups in total. The molecule has 0 bridgehead atoms. The molecule has 118 valence electrons. The Morgan fingerprint density at radius 3 is 2.54 bits per heavy atom. The Hall–Kier alpha value is -3.01. The third kappa shape index (κ3) is 2.46. The highest BCUT2D eigenvalue weighted by Crippen LogP contribution is 2.29. The number of nitrogens with zero attached hydrogens (tertiary/aromatic N) is 1. The molecule has 0 saturated heterocycles. The van der Waals surface area contributed by atoms with E-state index in [1.807, 2.05) is 54.6 Å². The summed E-state index contributed by atoms with van der Waals surface area (Å²) in [7, 11) is 0. The zero-order chi connectivity index (χ0) is 16.5. The second-order valence-electron chi connectivity index (χ2n) is 6.02. The van der Waals surface area contributed by atoms with Gasteiger partial charge in [0.2, 0.25) is 0 Å². The molecule has 0 aliphatic heterocycles. The van der Waals surface area contributed by atoms with Crippen LogP contribution in [0.25, 0.3) is 10.9 Å². The highest BCUT2D eigenvalue weighted by Gasteiger charge is 2.35. The fourth-order valence-electron chi connectivity index (χ4n) is 3.27. The average Bonchev–Trinajstić information content (AvgIpc) is 3.02. The van der Waals surface area contributed by atoms with Gasteiger partial charge in [-0.1, -0.05) is 54.6 Å². The summed E-state index contributed by atoms with van der Waals surface area (Å²) >= 11 is 0. The third-order valence-corrected chi connectivity index (χ3v) is 4.55. The van der Waals surface area contributed by atoms with Gasteiger partial charge in [-0.15, -0.1) is 0 Å². The van der Waals surface area contributed by atoms with Crippen LogP contribution in [0.1, 0.15) is 17.2 Å². The number of aromatic nitrogens is 2. The van der Waals surface area contributed by atoms with Crippen LogP contribution in [-0.2, 0) is 16.0 Å². The molecular formula is C20H16N2O2. The van der Waals surface area contributed by atoms with Crippen molar-refractivity contribution in [3.63, 3.8) is 0 Å². The van der Waals surface area contributed by atoms with Crippen molar-refractivity contribution >= 4 is 22.5 Å². The van der Waals surface area contributed by atoms with E-state index in [1.165, 1.54) is 0 Å². The van der Waals surface area contributed by atoms with E-state index in [0.29, 0.717) is 6.42 Å². The number of benzene rings is 2. The summed E-state index contributed by atoms with van der Waals surface area (Å²) in [6.45, 7) is 0. The minimum absolute atomic E-state index is 0.0548. The van der Waals surface area contributed by atoms with Crippen molar-refractivity contribution in [2.24, 2.45) is 5.92 Å². The molecule has 2 aromatic carbocycles. The largest absolute Gasteiger partial charge is 0.298 e. The molecule has 4 heteroatoms. The van der Waals surface area contributed by atoms with Gasteiger partial charge in [0.25, 0.3) is 0 Å². The first kappa shape index (κ1) is 14.6. The lowest BCUT2D eigenvalue weighted by Crippen LogP contribution is -2.32. The van der Waals surface area contributed by atoms with E-state index in [9.17, 15) is 9.59 Å². The molecule has 1 aromatic heterocycles. The number of allylic oxidation sites excluding steroid dienone is 2. The smallest absolute Gasteiger partial charge is 0.166 e. The Bertz CT molecular complexity index is 940. The van der Waals surface area contributed by atoms with Gasteiger partial charge < -0.3 is 0 Å². The monoisotopic (exact) mass is 316 g/mol. The van der Waals surface area contributed by atoms with Crippen LogP contribution in [-0.4, -0.2) is 21.8 Å². The summed E-state index contributed by atoms with van der Waals surface area (Å²) in [5.41, 5.74) is 2.60. The number of rotatable bonds is 3. The first-order valence-electron chi connectivity index (χ1n) is 7.97. The molecule has 2 atom stereocenters. The first-order valence-corrected chi connectivity index (χ1v) is 7.97. The van der Waals surface area contributed by atoms with Crippen LogP contribution in [0.2, 0.25) is 0 Å². The number of hydrogen-bond donors (Lipinski definition) is 1. The summed E-state index contributed by atoms with van der Waals surface area (Å²) in [5.74, 6) is -1.23. The van der Waals surface area contributed by atoms with Gasteiger partial charge in [0, 0.05) is 11.8 Å². The maximum absolute atomic E-state index is 12.9. The van der Waals surface area contributed by atoms with E-state index in [4.69, 9.17) is 0 Å². The molecule has 1 aliphatic carbocycles. The van der Waals surface area contributed by atoms with Gasteiger partial charge >= 0.3 is 0 Å². The van der Waals surface area contributed by atoms with Crippen LogP contribution in [0.4, 0.5) is 0 Å². The van der Waals surface area contributed by atoms with Gasteiger partial charge in [0.1, 0.15) is 0 Å². The van der Waals surface area contributed by atoms with E-state index in [1.54, 1.807) is 12.2 Å². The number of carbonyl (C=O) groups is 2. The van der Waals surface area contributed by atoms with Gasteiger partial charge in [-0.3, -0.25) is 14.7 Å². The van der Waals surface area contributed by atoms with Crippen molar-refractivity contribution in [3.8, 4) is 0 Å². The normalized spacial score (nSPS) is 20.7. The number of para-hydroxylation sites is 1. The van der Waals surface area contributed by atoms with E-state index in [-0.39, 0.29) is 17.5 Å². The zero-order valence-electron chi connectivity index (χ0n) is 13.0. The summed E-state index contributed by atoms with van der Waals surface area (Å²) < 4.78 is 0. The van der Waals surface area contributed by atoms with E-state index in [0.717, 1.165) is 22.2 Å². The molecule has 0 spiro atoms. The molecule has 0 radical (unpaired) electrons. The lowest BCUT2D eigenvalue weighted by Gasteiger charge is -2.22. The second-order valence-corrected chi connectivity index (χ2v) is 6.02. The quantitative estimate of drug-likeness (QED) is 0.755. The molecule has 24 heavy (non-hydrogen) atoms. The minimum Gasteiger partial charge on any atom is -0.298 e. The first-order chi connectivity index (χ1) is 11.7. The number of hydrogen-bond acceptors (Lipinski definition) is 3. The second kappa shape index (κ2) is 5.89. The Labute approximate surface area is 139 Å². The topological polar surface area (TPSA) is 62.8 Å². The molecule has 2 unspecified atom stereocenters. The summed E-state index contributed by atoms with van der Waals surface area (Å²) in [6.07, 6.45) is 3.58. The zero-order valence-corrected chi connectivity index (χ0v) is 13.0. The molecule has 3 aromatic rings. The predicted molar refractivity (Wildman–Crippen MR) is 91.6 cm³/mol. The minimum atomic E-state index is -0.674. The van der Waals surface area contributed by atoms with Crippen LogP contribution < -0.4 is 0 Å². The SMILES string of the molecule is O=C1C=CC(c2ccccc2)C(=O)C1Cc1n[nH]c2ccccc12. The molecule has 0 fully saturated rings. The van der Waals surface area contributed by atoms with Crippen molar-refractivity contribution in [1.29, 1.82) is 0 Å². The lowest BCUT2D eigenvalue weighted by molar-refractivity contribution is -0.131. The number of carbonyl (C=O) groups excluding carboxylic acids is 2. The van der Waals surface area contributed by atoms with Crippen LogP contribution in [0.15, 0.2) is 66.7 Å². The summed E-state index contributed by atoms with van der Waals surface area (Å²) in [4.78, 5) is 25.2. The van der Waals surface area contributed by atoms with Crippen molar-refractivity contribution in [3.05, 3.63) is 78.0 Å². The number of H-pyrrole nitrogens is 1. The summed E-state index contributed by atoms with van der Waals surface area (Å²) in [5, 5.41) is 8.22. The summed E-state index contributed by atoms with van der Waals surface area (Å²) in [6, 6.07) is 17.3. The highest BCUT2D eigenvalue weighted by molar-refractivity contribution is 6.13. The van der Waals surface area contributed by atoms with Crippen molar-refractivity contribution in [2.75, 3.05) is 0 Å². The number of nitrogens with one attached hydrogen (secondary N) is 1. The number of fused-ring (bicyclic) bond motifs is 1. The maximum atomic E-state index is 12.9. The molecule has 4 rings (SSSR count). The Kier molecular flexibility index (Phi) is 3.58. The fraction of sp³-hybridized carbons (Fsp3) is 0.150. The Morgan fingerprint density at radius 1 is 0.958 bits per heavy atom. The third-order valence-electron chi connectivity index (χ3n) is 4.55. The predicted octanol–water partition coefficient (Wildman–Crippen LogP) is 3.21. The molecule has 4 nitrogen and oxygen atoms in total. The van der Waals surface area contributed by atoms with Crippen LogP contribution in [0.5, 0.6) is 0 Å². The maximum Gasteiger partial charge on any atom is 0.166 e. The lowest BCUT2D eigenvalue weighted by atomic mass is 9.78. The number of Topliss-reactive ketones (excluding diaryl/α,β-unsaturated/α-hetero) is 1. The standard InChI is InChI=1S/C20H16N2O2/c23-19-11-10-14(13-6-2-1-3-7-13)20(24)16(19)12-18-15-8-4-5-9-17(15)21-22-18/h1-11,14,16H,12H2,(H,21,22). The Balaban J connectivity index is 1.66. The average molecular weight is 316 g/mol. The molecule has 1 heterocycles. The van der Waals surface area contributed by atoms with Gasteiger partial charge in [0.05, 0.1) is 23.0 Å². The van der Waals surface area contributed by atoms with Crippen LogP contribution >= 0.6 is 0 Å². The fourth-order valence-corrected chi connectivity index (χ4v) is 3.27. The molecule has 0 amide bonds. The molecule has 0 saturated carbocycles. The van der Waals surface area contributed by atoms with Crippen LogP contribution in [0.3, 0.4) is 0 Å². The number of aromatic amines is 1. The van der Waals surface area contributed by atoms with E-state index >= 15 is 0 Å². The number of ketones is 2. The van der Waals surface area contributed by atoms with Crippen molar-refractivity contribution in [2.45, 2.75) is 12.3 Å². The Morgan fingerprint density at radius 2 is 1.71 bits per heavy atom. The van der Waals surface area contributed by atoms with Gasteiger partial charge in [-0.05, 0) is 17.7 Å². The van der Waals surface area contributed by atoms with Crippen LogP contribution in [0, 0.1) is 5.92 Å². The van der Waals surface area contributed by atoms with Crippen molar-refractivity contribution < 1.29 is 9.59 Å². The van der Waals surface area contributed by atoms with Gasteiger partial charge in [-0.25, -0.2) is 0 Å².